The van der Waals surface area contributed by atoms with E-state index in [0.717, 1.165) is 0 Å². The van der Waals surface area contributed by atoms with Crippen molar-refractivity contribution in [2.75, 3.05) is 26.8 Å². The summed E-state index contributed by atoms with van der Waals surface area (Å²) in [6, 6.07) is 0. The number of carboxylic acids is 1. The summed E-state index contributed by atoms with van der Waals surface area (Å²) >= 11 is 0. The number of methoxy groups -OCH3 is 1. The van der Waals surface area contributed by atoms with Gasteiger partial charge in [0.2, 0.25) is 0 Å². The average molecular weight is 301 g/mol. The third kappa shape index (κ3) is 3.92. The fourth-order valence-electron chi connectivity index (χ4n) is 2.52. The lowest BCUT2D eigenvalue weighted by atomic mass is 10.1. The van der Waals surface area contributed by atoms with E-state index >= 15 is 0 Å². The number of hydrogen-bond donors (Lipinski definition) is 1. The lowest BCUT2D eigenvalue weighted by molar-refractivity contribution is -0.160. The summed E-state index contributed by atoms with van der Waals surface area (Å²) < 4.78 is 15.3. The van der Waals surface area contributed by atoms with Gasteiger partial charge >= 0.3 is 11.9 Å². The van der Waals surface area contributed by atoms with E-state index in [1.807, 2.05) is 0 Å². The molecule has 8 nitrogen and oxygen atoms in total. The molecule has 118 valence electrons. The largest absolute Gasteiger partial charge is 0.479 e. The van der Waals surface area contributed by atoms with Crippen LogP contribution in [0, 0.1) is 0 Å². The number of amides is 1. The summed E-state index contributed by atoms with van der Waals surface area (Å²) in [6.07, 6.45) is -1.21. The van der Waals surface area contributed by atoms with Crippen LogP contribution in [0.4, 0.5) is 0 Å². The molecule has 8 heteroatoms. The van der Waals surface area contributed by atoms with Gasteiger partial charge in [0.1, 0.15) is 6.10 Å². The third-order valence-electron chi connectivity index (χ3n) is 3.64. The van der Waals surface area contributed by atoms with Crippen molar-refractivity contribution in [3.8, 4) is 0 Å². The van der Waals surface area contributed by atoms with Crippen LogP contribution in [0.2, 0.25) is 0 Å². The summed E-state index contributed by atoms with van der Waals surface area (Å²) in [5.41, 5.74) is 0. The molecule has 0 spiro atoms. The Kier molecular flexibility index (Phi) is 5.13. The van der Waals surface area contributed by atoms with Gasteiger partial charge < -0.3 is 24.2 Å². The van der Waals surface area contributed by atoms with Crippen LogP contribution in [0.15, 0.2) is 0 Å². The van der Waals surface area contributed by atoms with Gasteiger partial charge in [0, 0.05) is 13.1 Å². The van der Waals surface area contributed by atoms with E-state index in [1.165, 1.54) is 7.11 Å². The molecule has 0 aromatic rings. The van der Waals surface area contributed by atoms with Crippen molar-refractivity contribution in [2.45, 2.75) is 37.6 Å². The normalized spacial score (nSPS) is 29.2. The molecule has 2 heterocycles. The Labute approximate surface area is 121 Å². The first kappa shape index (κ1) is 15.7. The maximum absolute atomic E-state index is 12.3. The standard InChI is InChI=1S/C13H19NO7/c1-19-11(15)6-8-7-14(4-5-20-8)12(16)9-2-3-10(21-9)13(17)18/h8-10H,2-7H2,1H3,(H,17,18). The highest BCUT2D eigenvalue weighted by Crippen LogP contribution is 2.22. The molecule has 3 atom stereocenters. The van der Waals surface area contributed by atoms with E-state index in [4.69, 9.17) is 14.6 Å². The van der Waals surface area contributed by atoms with Gasteiger partial charge in [-0.2, -0.15) is 0 Å². The smallest absolute Gasteiger partial charge is 0.332 e. The molecule has 2 aliphatic heterocycles. The van der Waals surface area contributed by atoms with Crippen LogP contribution >= 0.6 is 0 Å². The summed E-state index contributed by atoms with van der Waals surface area (Å²) in [4.78, 5) is 35.9. The molecule has 1 amide bonds. The average Bonchev–Trinajstić information content (AvgIpc) is 2.96. The number of carbonyl (C=O) groups is 3. The first-order valence-corrected chi connectivity index (χ1v) is 6.86. The lowest BCUT2D eigenvalue weighted by Gasteiger charge is -2.33. The zero-order valence-corrected chi connectivity index (χ0v) is 11.8. The molecule has 0 aliphatic carbocycles. The second-order valence-corrected chi connectivity index (χ2v) is 5.09. The minimum atomic E-state index is -1.05. The summed E-state index contributed by atoms with van der Waals surface area (Å²) in [6.45, 7) is 1.03. The molecule has 2 saturated heterocycles. The molecule has 3 unspecified atom stereocenters. The van der Waals surface area contributed by atoms with Gasteiger partial charge in [-0.15, -0.1) is 0 Å². The second-order valence-electron chi connectivity index (χ2n) is 5.09. The molecule has 0 bridgehead atoms. The number of aliphatic carboxylic acids is 1. The number of morpholine rings is 1. The van der Waals surface area contributed by atoms with Crippen LogP contribution in [0.25, 0.3) is 0 Å². The maximum atomic E-state index is 12.3. The lowest BCUT2D eigenvalue weighted by Crippen LogP contribution is -2.49. The second kappa shape index (κ2) is 6.86. The molecule has 0 radical (unpaired) electrons. The Balaban J connectivity index is 1.87. The minimum Gasteiger partial charge on any atom is -0.479 e. The van der Waals surface area contributed by atoms with Crippen LogP contribution in [-0.2, 0) is 28.6 Å². The maximum Gasteiger partial charge on any atom is 0.332 e. The van der Waals surface area contributed by atoms with Gasteiger partial charge in [-0.25, -0.2) is 4.79 Å². The number of nitrogens with zero attached hydrogens (tertiary/aromatic N) is 1. The molecule has 2 rings (SSSR count). The Morgan fingerprint density at radius 2 is 2.00 bits per heavy atom. The molecule has 0 saturated carbocycles. The first-order chi connectivity index (χ1) is 10.0. The number of rotatable bonds is 4. The van der Waals surface area contributed by atoms with Crippen molar-refractivity contribution in [2.24, 2.45) is 0 Å². The number of carbonyl (C=O) groups excluding carboxylic acids is 2. The van der Waals surface area contributed by atoms with Crippen molar-refractivity contribution in [1.29, 1.82) is 0 Å². The fraction of sp³-hybridized carbons (Fsp3) is 0.769. The highest BCUT2D eigenvalue weighted by molar-refractivity contribution is 5.83. The SMILES string of the molecule is COC(=O)CC1CN(C(=O)C2CCC(C(=O)O)O2)CCO1. The fourth-order valence-corrected chi connectivity index (χ4v) is 2.52. The molecule has 1 N–H and O–H groups in total. The molecule has 2 aliphatic rings. The van der Waals surface area contributed by atoms with Crippen molar-refractivity contribution >= 4 is 17.8 Å². The van der Waals surface area contributed by atoms with Gasteiger partial charge in [0.25, 0.3) is 5.91 Å². The molecular weight excluding hydrogens is 282 g/mol. The van der Waals surface area contributed by atoms with Crippen molar-refractivity contribution in [3.05, 3.63) is 0 Å². The van der Waals surface area contributed by atoms with Crippen LogP contribution in [0.3, 0.4) is 0 Å². The van der Waals surface area contributed by atoms with Gasteiger partial charge in [-0.05, 0) is 12.8 Å². The van der Waals surface area contributed by atoms with Gasteiger partial charge in [0.15, 0.2) is 6.10 Å². The topological polar surface area (TPSA) is 102 Å². The quantitative estimate of drug-likeness (QED) is 0.692. The highest BCUT2D eigenvalue weighted by Gasteiger charge is 2.38. The van der Waals surface area contributed by atoms with Gasteiger partial charge in [-0.3, -0.25) is 9.59 Å². The van der Waals surface area contributed by atoms with Crippen molar-refractivity contribution < 1.29 is 33.7 Å². The number of carboxylic acid groups (broad SMARTS) is 1. The van der Waals surface area contributed by atoms with E-state index in [1.54, 1.807) is 4.90 Å². The Hall–Kier alpha value is -1.67. The molecule has 0 aromatic heterocycles. The van der Waals surface area contributed by atoms with Gasteiger partial charge in [-0.1, -0.05) is 0 Å². The van der Waals surface area contributed by atoms with Crippen molar-refractivity contribution in [3.63, 3.8) is 0 Å². The predicted octanol–water partition coefficient (Wildman–Crippen LogP) is -0.591. The zero-order valence-electron chi connectivity index (χ0n) is 11.8. The van der Waals surface area contributed by atoms with Crippen LogP contribution in [-0.4, -0.2) is 73.0 Å². The number of esters is 1. The Bertz CT molecular complexity index is 425. The number of hydrogen-bond acceptors (Lipinski definition) is 6. The monoisotopic (exact) mass is 301 g/mol. The zero-order chi connectivity index (χ0) is 15.4. The van der Waals surface area contributed by atoms with Crippen molar-refractivity contribution in [1.82, 2.24) is 4.90 Å². The summed E-state index contributed by atoms with van der Waals surface area (Å²) in [5, 5.41) is 8.87. The third-order valence-corrected chi connectivity index (χ3v) is 3.64. The van der Waals surface area contributed by atoms with Crippen LogP contribution < -0.4 is 0 Å². The van der Waals surface area contributed by atoms with E-state index in [2.05, 4.69) is 4.74 Å². The van der Waals surface area contributed by atoms with E-state index in [9.17, 15) is 14.4 Å². The minimum absolute atomic E-state index is 0.0869. The number of ether oxygens (including phenoxy) is 3. The highest BCUT2D eigenvalue weighted by atomic mass is 16.5. The molecular formula is C13H19NO7. The van der Waals surface area contributed by atoms with E-state index < -0.39 is 30.3 Å². The molecule has 21 heavy (non-hydrogen) atoms. The van der Waals surface area contributed by atoms with E-state index in [-0.39, 0.29) is 18.9 Å². The Morgan fingerprint density at radius 3 is 2.62 bits per heavy atom. The van der Waals surface area contributed by atoms with E-state index in [0.29, 0.717) is 26.0 Å². The molecule has 2 fully saturated rings. The summed E-state index contributed by atoms with van der Waals surface area (Å²) in [5.74, 6) is -1.68. The first-order valence-electron chi connectivity index (χ1n) is 6.86. The van der Waals surface area contributed by atoms with Crippen LogP contribution in [0.1, 0.15) is 19.3 Å². The van der Waals surface area contributed by atoms with Gasteiger partial charge in [0.05, 0.1) is 26.2 Å². The molecule has 0 aromatic carbocycles. The predicted molar refractivity (Wildman–Crippen MR) is 68.5 cm³/mol. The van der Waals surface area contributed by atoms with Crippen LogP contribution in [0.5, 0.6) is 0 Å². The Morgan fingerprint density at radius 1 is 1.29 bits per heavy atom. The summed E-state index contributed by atoms with van der Waals surface area (Å²) in [7, 11) is 1.30.